The van der Waals surface area contributed by atoms with Gasteiger partial charge in [-0.3, -0.25) is 0 Å². The molecule has 0 amide bonds. The Morgan fingerprint density at radius 3 is 0.905 bits per heavy atom. The van der Waals surface area contributed by atoms with Gasteiger partial charge >= 0.3 is 61.2 Å². The summed E-state index contributed by atoms with van der Waals surface area (Å²) in [5.41, 5.74) is -1.67. The number of benzene rings is 2. The van der Waals surface area contributed by atoms with Crippen molar-refractivity contribution in [2.24, 2.45) is 0 Å². The predicted molar refractivity (Wildman–Crippen MR) is 138 cm³/mol. The third kappa shape index (κ3) is 10.6. The number of allylic oxidation sites excluding steroid dienone is 8. The zero-order valence-electron chi connectivity index (χ0n) is 20.5. The number of hydrogen-bond acceptors (Lipinski definition) is 0. The molecule has 0 aliphatic heterocycles. The Bertz CT molecular complexity index is 1160. The van der Waals surface area contributed by atoms with E-state index >= 15 is 0 Å². The summed E-state index contributed by atoms with van der Waals surface area (Å²) in [5, 5.41) is 0. The monoisotopic (exact) mass is 912 g/mol. The first-order valence-corrected chi connectivity index (χ1v) is 18.2. The van der Waals surface area contributed by atoms with Crippen LogP contribution in [0.25, 0.3) is 0 Å². The minimum absolute atomic E-state index is 0.379. The van der Waals surface area contributed by atoms with Crippen molar-refractivity contribution >= 4 is 26.9 Å². The second-order valence-electron chi connectivity index (χ2n) is 7.73. The van der Waals surface area contributed by atoms with Gasteiger partial charge in [-0.15, -0.1) is 0 Å². The molecule has 14 heteroatoms. The van der Waals surface area contributed by atoms with Crippen molar-refractivity contribution in [3.63, 3.8) is 0 Å². The molecular formula is C28H16Br2F10Pd2+2. The van der Waals surface area contributed by atoms with Gasteiger partial charge in [0.15, 0.2) is 46.5 Å². The van der Waals surface area contributed by atoms with Crippen LogP contribution in [0, 0.1) is 95.7 Å². The molecule has 0 aromatic heterocycles. The van der Waals surface area contributed by atoms with Crippen LogP contribution in [0.1, 0.15) is 11.1 Å². The molecule has 0 heterocycles. The molecule has 6 radical (unpaired) electrons. The van der Waals surface area contributed by atoms with Crippen LogP contribution >= 0.6 is 26.9 Å². The summed E-state index contributed by atoms with van der Waals surface area (Å²) in [6.07, 6.45) is 18.9. The van der Waals surface area contributed by atoms with Crippen LogP contribution < -0.4 is 0 Å². The van der Waals surface area contributed by atoms with Crippen molar-refractivity contribution in [3.05, 3.63) is 155 Å². The van der Waals surface area contributed by atoms with E-state index in [-0.39, 0.29) is 12.8 Å². The maximum atomic E-state index is 13.4. The van der Waals surface area contributed by atoms with E-state index in [2.05, 4.69) is 61.2 Å². The summed E-state index contributed by atoms with van der Waals surface area (Å²) in [6.45, 7) is 0. The summed E-state index contributed by atoms with van der Waals surface area (Å²) in [4.78, 5) is 0. The van der Waals surface area contributed by atoms with E-state index in [1.165, 1.54) is 12.8 Å². The Labute approximate surface area is 271 Å². The first kappa shape index (κ1) is 39.0. The number of hydrogen-bond donors (Lipinski definition) is 0. The standard InChI is InChI=1S/2C14H8F5.2BrH.2Pd/c2*15-10-9(7-6-8-4-2-1-3-5-8)11(16)13(18)14(19)12(10)17;;;;/h2*1-6H,7H2;2*1H;;/q;;;;2*+2/p-2. The van der Waals surface area contributed by atoms with Gasteiger partial charge in [-0.1, -0.05) is 48.6 Å². The van der Waals surface area contributed by atoms with Crippen molar-refractivity contribution in [1.29, 1.82) is 0 Å². The van der Waals surface area contributed by atoms with Crippen molar-refractivity contribution < 1.29 is 78.3 Å². The summed E-state index contributed by atoms with van der Waals surface area (Å²) >= 11 is 10.7. The van der Waals surface area contributed by atoms with Crippen molar-refractivity contribution in [3.8, 4) is 0 Å². The van der Waals surface area contributed by atoms with E-state index in [1.54, 1.807) is 61.4 Å². The van der Waals surface area contributed by atoms with Crippen LogP contribution in [0.15, 0.2) is 48.6 Å². The van der Waals surface area contributed by atoms with Gasteiger partial charge in [0.05, 0.1) is 0 Å². The molecular weight excluding hydrogens is 899 g/mol. The molecule has 4 rings (SSSR count). The third-order valence-electron chi connectivity index (χ3n) is 5.28. The third-order valence-corrected chi connectivity index (χ3v) is 5.28. The first-order chi connectivity index (χ1) is 20.0. The van der Waals surface area contributed by atoms with Crippen LogP contribution in [0.5, 0.6) is 0 Å². The molecule has 2 aromatic rings. The molecule has 0 atom stereocenters. The summed E-state index contributed by atoms with van der Waals surface area (Å²) in [5.74, 6) is -17.9. The molecule has 0 nitrogen and oxygen atoms in total. The Morgan fingerprint density at radius 1 is 0.405 bits per heavy atom. The molecule has 0 N–H and O–H groups in total. The fourth-order valence-corrected chi connectivity index (χ4v) is 3.28. The van der Waals surface area contributed by atoms with E-state index in [0.717, 1.165) is 0 Å². The molecule has 2 aliphatic carbocycles. The van der Waals surface area contributed by atoms with Gasteiger partial charge in [-0.25, -0.2) is 43.9 Å². The van der Waals surface area contributed by atoms with Gasteiger partial charge in [0.2, 0.25) is 11.6 Å². The van der Waals surface area contributed by atoms with Crippen LogP contribution in [-0.2, 0) is 47.2 Å². The molecule has 230 valence electrons. The van der Waals surface area contributed by atoms with Gasteiger partial charge in [0.25, 0.3) is 0 Å². The van der Waals surface area contributed by atoms with Crippen LogP contribution in [0.3, 0.4) is 0 Å². The van der Waals surface area contributed by atoms with Crippen molar-refractivity contribution in [2.45, 2.75) is 12.8 Å². The second kappa shape index (κ2) is 20.1. The van der Waals surface area contributed by atoms with Gasteiger partial charge < -0.3 is 0 Å². The topological polar surface area (TPSA) is 0 Å². The summed E-state index contributed by atoms with van der Waals surface area (Å²) in [6, 6.07) is 0. The molecule has 0 unspecified atom stereocenters. The molecule has 2 aromatic carbocycles. The average molecular weight is 915 g/mol. The fourth-order valence-electron chi connectivity index (χ4n) is 3.28. The fraction of sp³-hybridized carbons (Fsp3) is 0.0714. The molecule has 0 saturated carbocycles. The zero-order chi connectivity index (χ0) is 32.0. The molecule has 2 aliphatic rings. The molecule has 0 fully saturated rings. The zero-order valence-corrected chi connectivity index (χ0v) is 26.8. The predicted octanol–water partition coefficient (Wildman–Crippen LogP) is 9.75. The molecule has 0 bridgehead atoms. The van der Waals surface area contributed by atoms with Crippen LogP contribution in [-0.4, -0.2) is 0 Å². The molecule has 0 spiro atoms. The number of rotatable bonds is 6. The van der Waals surface area contributed by atoms with E-state index in [4.69, 9.17) is 0 Å². The van der Waals surface area contributed by atoms with E-state index in [1.807, 2.05) is 0 Å². The maximum absolute atomic E-state index is 13.4. The quantitative estimate of drug-likeness (QED) is 0.117. The molecule has 0 saturated heterocycles. The minimum atomic E-state index is -2.14. The Balaban J connectivity index is 0.000000376. The number of halogens is 12. The Hall–Kier alpha value is -1.02. The van der Waals surface area contributed by atoms with E-state index < -0.39 is 69.3 Å². The molecule has 42 heavy (non-hydrogen) atoms. The summed E-state index contributed by atoms with van der Waals surface area (Å²) in [7, 11) is 0. The van der Waals surface area contributed by atoms with E-state index in [9.17, 15) is 43.9 Å². The van der Waals surface area contributed by atoms with Crippen LogP contribution in [0.4, 0.5) is 43.9 Å². The van der Waals surface area contributed by atoms with Gasteiger partial charge in [-0.2, -0.15) is 0 Å². The Morgan fingerprint density at radius 2 is 0.667 bits per heavy atom. The van der Waals surface area contributed by atoms with E-state index in [0.29, 0.717) is 11.8 Å². The summed E-state index contributed by atoms with van der Waals surface area (Å²) < 4.78 is 131. The first-order valence-electron chi connectivity index (χ1n) is 11.1. The van der Waals surface area contributed by atoms with Crippen molar-refractivity contribution in [1.82, 2.24) is 0 Å². The van der Waals surface area contributed by atoms with Gasteiger partial charge in [0.1, 0.15) is 0 Å². The normalized spacial score (nSPS) is 14.1. The van der Waals surface area contributed by atoms with Crippen LogP contribution in [0.2, 0.25) is 0 Å². The average Bonchev–Trinajstić information content (AvgIpc) is 3.04. The van der Waals surface area contributed by atoms with Crippen molar-refractivity contribution in [2.75, 3.05) is 0 Å². The van der Waals surface area contributed by atoms with Gasteiger partial charge in [0, 0.05) is 23.0 Å². The SMILES string of the molecule is Fc1c(F)c(F)c(C[CH][C]2[CH]C=CC=C2)c(F)c1F.Fc1c(F)c(F)c(C[CH][C]2[CH]C=CC=C2)c(F)c1F.[Br][Pd+].[Br][Pd+]. The van der Waals surface area contributed by atoms with Gasteiger partial charge in [-0.05, 0) is 38.5 Å². The Kier molecular flexibility index (Phi) is 18.7. The second-order valence-corrected chi connectivity index (χ2v) is 7.73.